The first-order chi connectivity index (χ1) is 13.0. The predicted molar refractivity (Wildman–Crippen MR) is 105 cm³/mol. The number of aryl methyl sites for hydroxylation is 2. The molecule has 1 heterocycles. The van der Waals surface area contributed by atoms with E-state index in [-0.39, 0.29) is 11.9 Å². The van der Waals surface area contributed by atoms with Crippen molar-refractivity contribution in [3.8, 4) is 11.4 Å². The molecule has 1 aromatic heterocycles. The van der Waals surface area contributed by atoms with Crippen molar-refractivity contribution in [3.63, 3.8) is 0 Å². The molecule has 0 spiro atoms. The number of amides is 1. The van der Waals surface area contributed by atoms with Gasteiger partial charge >= 0.3 is 0 Å². The molecule has 2 aromatic carbocycles. The Morgan fingerprint density at radius 3 is 2.89 bits per heavy atom. The van der Waals surface area contributed by atoms with Crippen molar-refractivity contribution in [2.24, 2.45) is 0 Å². The van der Waals surface area contributed by atoms with E-state index in [1.54, 1.807) is 25.6 Å². The van der Waals surface area contributed by atoms with Crippen LogP contribution in [0.1, 0.15) is 39.6 Å². The minimum atomic E-state index is -0.125. The van der Waals surface area contributed by atoms with Gasteiger partial charge in [-0.25, -0.2) is 4.98 Å². The molecule has 0 aliphatic heterocycles. The van der Waals surface area contributed by atoms with E-state index >= 15 is 0 Å². The lowest BCUT2D eigenvalue weighted by Crippen LogP contribution is -2.27. The Morgan fingerprint density at radius 2 is 2.15 bits per heavy atom. The number of carbonyl (C=O) groups is 1. The summed E-state index contributed by atoms with van der Waals surface area (Å²) in [5, 5.41) is 3.81. The van der Waals surface area contributed by atoms with Crippen molar-refractivity contribution in [1.82, 2.24) is 14.9 Å². The number of imidazole rings is 1. The molecule has 0 radical (unpaired) electrons. The van der Waals surface area contributed by atoms with E-state index in [0.29, 0.717) is 16.3 Å². The third kappa shape index (κ3) is 3.43. The van der Waals surface area contributed by atoms with Crippen LogP contribution in [0.15, 0.2) is 48.9 Å². The maximum absolute atomic E-state index is 12.8. The third-order valence-electron chi connectivity index (χ3n) is 4.92. The average Bonchev–Trinajstić information content (AvgIpc) is 3.27. The van der Waals surface area contributed by atoms with Crippen LogP contribution in [0.3, 0.4) is 0 Å². The molecule has 6 heteroatoms. The lowest BCUT2D eigenvalue weighted by molar-refractivity contribution is 0.0936. The first kappa shape index (κ1) is 17.6. The lowest BCUT2D eigenvalue weighted by Gasteiger charge is -2.16. The smallest absolute Gasteiger partial charge is 0.251 e. The first-order valence-corrected chi connectivity index (χ1v) is 9.21. The normalized spacial score (nSPS) is 15.4. The second-order valence-corrected chi connectivity index (χ2v) is 7.15. The maximum atomic E-state index is 12.8. The molecule has 1 aliphatic carbocycles. The Labute approximate surface area is 162 Å². The Hall–Kier alpha value is -2.79. The van der Waals surface area contributed by atoms with Crippen LogP contribution < -0.4 is 10.1 Å². The zero-order valence-corrected chi connectivity index (χ0v) is 16.0. The van der Waals surface area contributed by atoms with Gasteiger partial charge in [0.1, 0.15) is 5.75 Å². The molecule has 1 aliphatic rings. The fourth-order valence-electron chi connectivity index (χ4n) is 3.55. The van der Waals surface area contributed by atoms with Crippen LogP contribution in [-0.4, -0.2) is 22.6 Å². The summed E-state index contributed by atoms with van der Waals surface area (Å²) in [4.78, 5) is 17.0. The highest BCUT2D eigenvalue weighted by Crippen LogP contribution is 2.33. The third-order valence-corrected chi connectivity index (χ3v) is 5.16. The van der Waals surface area contributed by atoms with E-state index in [0.717, 1.165) is 29.8 Å². The van der Waals surface area contributed by atoms with Crippen LogP contribution in [0.5, 0.6) is 5.75 Å². The molecule has 138 valence electrons. The quantitative estimate of drug-likeness (QED) is 0.734. The van der Waals surface area contributed by atoms with E-state index in [2.05, 4.69) is 10.3 Å². The SMILES string of the molecule is COc1cc(C(=O)N[C@H]2CCc3ccc(Cl)cc32)ccc1-n1cnc(C)c1. The molecule has 0 unspecified atom stereocenters. The first-order valence-electron chi connectivity index (χ1n) is 8.83. The summed E-state index contributed by atoms with van der Waals surface area (Å²) in [6, 6.07) is 11.3. The van der Waals surface area contributed by atoms with Gasteiger partial charge in [0.2, 0.25) is 0 Å². The highest BCUT2D eigenvalue weighted by Gasteiger charge is 2.25. The number of ether oxygens (including phenoxy) is 1. The van der Waals surface area contributed by atoms with Crippen molar-refractivity contribution in [2.45, 2.75) is 25.8 Å². The molecule has 4 rings (SSSR count). The molecule has 0 saturated carbocycles. The number of aromatic nitrogens is 2. The van der Waals surface area contributed by atoms with Gasteiger partial charge in [0.15, 0.2) is 0 Å². The monoisotopic (exact) mass is 381 g/mol. The van der Waals surface area contributed by atoms with Gasteiger partial charge < -0.3 is 14.6 Å². The predicted octanol–water partition coefficient (Wildman–Crippen LogP) is 4.26. The summed E-state index contributed by atoms with van der Waals surface area (Å²) >= 11 is 6.12. The maximum Gasteiger partial charge on any atom is 0.251 e. The van der Waals surface area contributed by atoms with Crippen molar-refractivity contribution < 1.29 is 9.53 Å². The summed E-state index contributed by atoms with van der Waals surface area (Å²) in [7, 11) is 1.60. The molecule has 1 N–H and O–H groups in total. The Kier molecular flexibility index (Phi) is 4.62. The van der Waals surface area contributed by atoms with E-state index < -0.39 is 0 Å². The number of methoxy groups -OCH3 is 1. The molecule has 3 aromatic rings. The number of hydrogen-bond acceptors (Lipinski definition) is 3. The van der Waals surface area contributed by atoms with E-state index in [4.69, 9.17) is 16.3 Å². The van der Waals surface area contributed by atoms with Crippen LogP contribution in [0.2, 0.25) is 5.02 Å². The average molecular weight is 382 g/mol. The number of fused-ring (bicyclic) bond motifs is 1. The van der Waals surface area contributed by atoms with Crippen LogP contribution in [0, 0.1) is 6.92 Å². The number of carbonyl (C=O) groups excluding carboxylic acids is 1. The summed E-state index contributed by atoms with van der Waals surface area (Å²) in [5.74, 6) is 0.495. The van der Waals surface area contributed by atoms with Crippen molar-refractivity contribution in [3.05, 3.63) is 76.3 Å². The minimum absolute atomic E-state index is 0.0202. The molecule has 0 fully saturated rings. The molecule has 27 heavy (non-hydrogen) atoms. The molecule has 0 saturated heterocycles. The van der Waals surface area contributed by atoms with Gasteiger partial charge in [-0.3, -0.25) is 4.79 Å². The van der Waals surface area contributed by atoms with Gasteiger partial charge in [0, 0.05) is 16.8 Å². The summed E-state index contributed by atoms with van der Waals surface area (Å²) in [6.45, 7) is 1.93. The summed E-state index contributed by atoms with van der Waals surface area (Å²) < 4.78 is 7.38. The van der Waals surface area contributed by atoms with E-state index in [1.165, 1.54) is 5.56 Å². The zero-order valence-electron chi connectivity index (χ0n) is 15.2. The Bertz CT molecular complexity index is 1010. The summed E-state index contributed by atoms with van der Waals surface area (Å²) in [5.41, 5.74) is 4.66. The fourth-order valence-corrected chi connectivity index (χ4v) is 3.73. The highest BCUT2D eigenvalue weighted by atomic mass is 35.5. The molecule has 1 atom stereocenters. The van der Waals surface area contributed by atoms with Crippen LogP contribution >= 0.6 is 11.6 Å². The summed E-state index contributed by atoms with van der Waals surface area (Å²) in [6.07, 6.45) is 5.47. The Balaban J connectivity index is 1.57. The molecular formula is C21H20ClN3O2. The van der Waals surface area contributed by atoms with Gasteiger partial charge in [-0.1, -0.05) is 17.7 Å². The number of halogens is 1. The number of hydrogen-bond donors (Lipinski definition) is 1. The molecule has 1 amide bonds. The van der Waals surface area contributed by atoms with Gasteiger partial charge in [-0.15, -0.1) is 0 Å². The standard InChI is InChI=1S/C21H20ClN3O2/c1-13-11-25(12-23-13)19-8-5-15(9-20(19)27-2)21(26)24-18-7-4-14-3-6-16(22)10-17(14)18/h3,5-6,8-12,18H,4,7H2,1-2H3,(H,24,26)/t18-/m0/s1. The molecular weight excluding hydrogens is 362 g/mol. The van der Waals surface area contributed by atoms with Crippen LogP contribution in [-0.2, 0) is 6.42 Å². The largest absolute Gasteiger partial charge is 0.495 e. The lowest BCUT2D eigenvalue weighted by atomic mass is 10.1. The number of nitrogens with zero attached hydrogens (tertiary/aromatic N) is 2. The van der Waals surface area contributed by atoms with E-state index in [1.807, 2.05) is 42.0 Å². The second kappa shape index (κ2) is 7.08. The Morgan fingerprint density at radius 1 is 1.30 bits per heavy atom. The molecule has 5 nitrogen and oxygen atoms in total. The highest BCUT2D eigenvalue weighted by molar-refractivity contribution is 6.30. The number of benzene rings is 2. The van der Waals surface area contributed by atoms with Gasteiger partial charge in [0.05, 0.1) is 30.9 Å². The van der Waals surface area contributed by atoms with Crippen molar-refractivity contribution >= 4 is 17.5 Å². The topological polar surface area (TPSA) is 56.1 Å². The fraction of sp³-hybridized carbons (Fsp3) is 0.238. The van der Waals surface area contributed by atoms with Gasteiger partial charge in [-0.05, 0) is 61.2 Å². The van der Waals surface area contributed by atoms with Crippen molar-refractivity contribution in [1.29, 1.82) is 0 Å². The number of nitrogens with one attached hydrogen (secondary N) is 1. The molecule has 0 bridgehead atoms. The van der Waals surface area contributed by atoms with Crippen LogP contribution in [0.25, 0.3) is 5.69 Å². The minimum Gasteiger partial charge on any atom is -0.495 e. The zero-order chi connectivity index (χ0) is 19.0. The van der Waals surface area contributed by atoms with Gasteiger partial charge in [-0.2, -0.15) is 0 Å². The van der Waals surface area contributed by atoms with E-state index in [9.17, 15) is 4.79 Å². The van der Waals surface area contributed by atoms with Crippen molar-refractivity contribution in [2.75, 3.05) is 7.11 Å². The second-order valence-electron chi connectivity index (χ2n) is 6.72. The number of rotatable bonds is 4. The van der Waals surface area contributed by atoms with Crippen LogP contribution in [0.4, 0.5) is 0 Å². The van der Waals surface area contributed by atoms with Gasteiger partial charge in [0.25, 0.3) is 5.91 Å².